The fourth-order valence-corrected chi connectivity index (χ4v) is 0.500. The van der Waals surface area contributed by atoms with Crippen molar-refractivity contribution in [3.8, 4) is 0 Å². The van der Waals surface area contributed by atoms with Gasteiger partial charge in [-0.3, -0.25) is 0 Å². The molecular formula is C6H14K. The molecule has 0 aliphatic carbocycles. The second kappa shape index (κ2) is 10.6. The monoisotopic (exact) mass is 125 g/mol. The molecule has 0 aromatic rings. The van der Waals surface area contributed by atoms with Gasteiger partial charge in [0.05, 0.1) is 0 Å². The van der Waals surface area contributed by atoms with Crippen LogP contribution < -0.4 is 0 Å². The van der Waals surface area contributed by atoms with Crippen molar-refractivity contribution in [1.29, 1.82) is 0 Å². The molecule has 0 aliphatic heterocycles. The van der Waals surface area contributed by atoms with Crippen LogP contribution in [0, 0.1) is 0 Å². The van der Waals surface area contributed by atoms with Crippen LogP contribution in [-0.2, 0) is 0 Å². The van der Waals surface area contributed by atoms with Crippen molar-refractivity contribution in [1.82, 2.24) is 0 Å². The zero-order valence-corrected chi connectivity index (χ0v) is 8.95. The first-order valence-corrected chi connectivity index (χ1v) is 2.91. The Morgan fingerprint density at radius 1 is 0.857 bits per heavy atom. The van der Waals surface area contributed by atoms with Crippen LogP contribution in [-0.4, -0.2) is 51.4 Å². The van der Waals surface area contributed by atoms with Gasteiger partial charge in [-0.25, -0.2) is 0 Å². The Bertz CT molecular complexity index is 16.1. The molecule has 0 spiro atoms. The molecule has 0 amide bonds. The minimum atomic E-state index is 0. The summed E-state index contributed by atoms with van der Waals surface area (Å²) in [6.07, 6.45) is 5.54. The Balaban J connectivity index is 0. The Kier molecular flexibility index (Phi) is 17.3. The van der Waals surface area contributed by atoms with E-state index < -0.39 is 0 Å². The largest absolute Gasteiger partial charge is 0.0654 e. The predicted molar refractivity (Wildman–Crippen MR) is 35.6 cm³/mol. The van der Waals surface area contributed by atoms with Crippen LogP contribution in [0.25, 0.3) is 0 Å². The van der Waals surface area contributed by atoms with Crippen molar-refractivity contribution < 1.29 is 0 Å². The minimum absolute atomic E-state index is 0. The van der Waals surface area contributed by atoms with E-state index in [-0.39, 0.29) is 51.4 Å². The third-order valence-corrected chi connectivity index (χ3v) is 0.957. The molecule has 0 aliphatic rings. The summed E-state index contributed by atoms with van der Waals surface area (Å²) in [7, 11) is 0. The summed E-state index contributed by atoms with van der Waals surface area (Å²) >= 11 is 0. The summed E-state index contributed by atoms with van der Waals surface area (Å²) < 4.78 is 0. The van der Waals surface area contributed by atoms with Crippen molar-refractivity contribution in [2.75, 3.05) is 0 Å². The molecule has 0 nitrogen and oxygen atoms in total. The normalized spacial score (nSPS) is 7.71. The quantitative estimate of drug-likeness (QED) is 0.401. The maximum Gasteiger partial charge on any atom is 0 e. The summed E-state index contributed by atoms with van der Waals surface area (Å²) in [5.41, 5.74) is 0. The molecule has 0 unspecified atom stereocenters. The van der Waals surface area contributed by atoms with Crippen LogP contribution in [0.3, 0.4) is 0 Å². The van der Waals surface area contributed by atoms with E-state index in [0.717, 1.165) is 0 Å². The van der Waals surface area contributed by atoms with Gasteiger partial charge >= 0.3 is 0 Å². The van der Waals surface area contributed by atoms with Gasteiger partial charge in [-0.05, 0) is 0 Å². The standard InChI is InChI=1S/C6H14.K/c1-3-5-6-4-2;/h3-6H2,1-2H3;. The van der Waals surface area contributed by atoms with Crippen molar-refractivity contribution in [3.63, 3.8) is 0 Å². The molecule has 0 fully saturated rings. The van der Waals surface area contributed by atoms with Gasteiger partial charge in [0.2, 0.25) is 0 Å². The maximum absolute atomic E-state index is 2.23. The van der Waals surface area contributed by atoms with Gasteiger partial charge in [-0.2, -0.15) is 0 Å². The van der Waals surface area contributed by atoms with Crippen molar-refractivity contribution in [2.24, 2.45) is 0 Å². The Morgan fingerprint density at radius 3 is 1.29 bits per heavy atom. The van der Waals surface area contributed by atoms with E-state index in [1.807, 2.05) is 0 Å². The molecule has 0 rings (SSSR count). The number of rotatable bonds is 3. The first-order chi connectivity index (χ1) is 2.91. The van der Waals surface area contributed by atoms with Gasteiger partial charge in [-0.15, -0.1) is 0 Å². The fourth-order valence-electron chi connectivity index (χ4n) is 0.500. The fraction of sp³-hybridized carbons (Fsp3) is 1.00. The minimum Gasteiger partial charge on any atom is -0.0654 e. The Hall–Kier alpha value is 1.64. The molecule has 0 saturated carbocycles. The molecule has 0 N–H and O–H groups in total. The summed E-state index contributed by atoms with van der Waals surface area (Å²) in [5, 5.41) is 0. The van der Waals surface area contributed by atoms with Crippen molar-refractivity contribution in [3.05, 3.63) is 0 Å². The smallest absolute Gasteiger partial charge is 0 e. The van der Waals surface area contributed by atoms with Gasteiger partial charge in [0, 0.05) is 51.4 Å². The molecule has 1 radical (unpaired) electrons. The number of hydrogen-bond donors (Lipinski definition) is 0. The topological polar surface area (TPSA) is 0 Å². The molecule has 0 bridgehead atoms. The van der Waals surface area contributed by atoms with E-state index in [9.17, 15) is 0 Å². The summed E-state index contributed by atoms with van der Waals surface area (Å²) in [6, 6.07) is 0. The predicted octanol–water partition coefficient (Wildman–Crippen LogP) is 2.21. The molecule has 0 heterocycles. The molecule has 39 valence electrons. The molecule has 7 heavy (non-hydrogen) atoms. The number of unbranched alkanes of at least 4 members (excludes halogenated alkanes) is 3. The van der Waals surface area contributed by atoms with Gasteiger partial charge < -0.3 is 0 Å². The SMILES string of the molecule is CCCCCC.[K]. The van der Waals surface area contributed by atoms with E-state index in [4.69, 9.17) is 0 Å². The molecule has 0 saturated heterocycles. The van der Waals surface area contributed by atoms with Crippen LogP contribution in [0.4, 0.5) is 0 Å². The third-order valence-electron chi connectivity index (χ3n) is 0.957. The van der Waals surface area contributed by atoms with Crippen molar-refractivity contribution >= 4 is 51.4 Å². The number of hydrogen-bond acceptors (Lipinski definition) is 0. The first-order valence-electron chi connectivity index (χ1n) is 2.91. The zero-order valence-electron chi connectivity index (χ0n) is 5.83. The van der Waals surface area contributed by atoms with Gasteiger partial charge in [0.25, 0.3) is 0 Å². The second-order valence-corrected chi connectivity index (χ2v) is 1.71. The molecule has 0 aromatic heterocycles. The van der Waals surface area contributed by atoms with Crippen LogP contribution in [0.1, 0.15) is 39.5 Å². The van der Waals surface area contributed by atoms with Crippen molar-refractivity contribution in [2.45, 2.75) is 39.5 Å². The van der Waals surface area contributed by atoms with Gasteiger partial charge in [0.15, 0.2) is 0 Å². The summed E-state index contributed by atoms with van der Waals surface area (Å²) in [4.78, 5) is 0. The van der Waals surface area contributed by atoms with E-state index in [1.54, 1.807) is 0 Å². The molecule has 0 aromatic carbocycles. The first kappa shape index (κ1) is 11.4. The van der Waals surface area contributed by atoms with Gasteiger partial charge in [-0.1, -0.05) is 39.5 Å². The van der Waals surface area contributed by atoms with E-state index in [1.165, 1.54) is 25.7 Å². The maximum atomic E-state index is 2.23. The van der Waals surface area contributed by atoms with E-state index in [2.05, 4.69) is 13.8 Å². The summed E-state index contributed by atoms with van der Waals surface area (Å²) in [6.45, 7) is 4.46. The van der Waals surface area contributed by atoms with Gasteiger partial charge in [0.1, 0.15) is 0 Å². The van der Waals surface area contributed by atoms with Crippen LogP contribution >= 0.6 is 0 Å². The molecular weight excluding hydrogens is 111 g/mol. The molecule has 0 atom stereocenters. The second-order valence-electron chi connectivity index (χ2n) is 1.71. The molecule has 1 heteroatoms. The van der Waals surface area contributed by atoms with Crippen LogP contribution in [0.15, 0.2) is 0 Å². The van der Waals surface area contributed by atoms with Crippen LogP contribution in [0.2, 0.25) is 0 Å². The third kappa shape index (κ3) is 11.3. The van der Waals surface area contributed by atoms with Crippen LogP contribution in [0.5, 0.6) is 0 Å². The average molecular weight is 125 g/mol. The zero-order chi connectivity index (χ0) is 4.83. The summed E-state index contributed by atoms with van der Waals surface area (Å²) in [5.74, 6) is 0. The average Bonchev–Trinajstić information content (AvgIpc) is 1.61. The Labute approximate surface area is 89.5 Å². The Morgan fingerprint density at radius 2 is 1.14 bits per heavy atom. The van der Waals surface area contributed by atoms with E-state index in [0.29, 0.717) is 0 Å². The van der Waals surface area contributed by atoms with E-state index >= 15 is 0 Å².